The molecule has 0 radical (unpaired) electrons. The molecule has 0 atom stereocenters. The number of morpholine rings is 1. The average molecular weight is 298 g/mol. The van der Waals surface area contributed by atoms with E-state index in [1.165, 1.54) is 19.9 Å². The quantitative estimate of drug-likeness (QED) is 0.785. The first-order valence-corrected chi connectivity index (χ1v) is 7.95. The molecule has 106 valence electrons. The van der Waals surface area contributed by atoms with Gasteiger partial charge in [-0.1, -0.05) is 18.2 Å². The van der Waals surface area contributed by atoms with Crippen LogP contribution in [0, 0.1) is 0 Å². The topological polar surface area (TPSA) is 39.5 Å². The fraction of sp³-hybridized carbons (Fsp3) is 0.250. The summed E-state index contributed by atoms with van der Waals surface area (Å²) in [6.45, 7) is 3.47. The zero-order valence-corrected chi connectivity index (χ0v) is 12.4. The first-order chi connectivity index (χ1) is 10.4. The van der Waals surface area contributed by atoms with Crippen LogP contribution in [-0.2, 0) is 4.74 Å². The van der Waals surface area contributed by atoms with Gasteiger partial charge in [0.1, 0.15) is 13.1 Å². The highest BCUT2D eigenvalue weighted by molar-refractivity contribution is 7.22. The van der Waals surface area contributed by atoms with Crippen molar-refractivity contribution in [3.05, 3.63) is 42.7 Å². The van der Waals surface area contributed by atoms with Gasteiger partial charge in [0, 0.05) is 27.5 Å². The van der Waals surface area contributed by atoms with E-state index in [1.54, 1.807) is 11.3 Å². The van der Waals surface area contributed by atoms with Crippen molar-refractivity contribution in [1.29, 1.82) is 0 Å². The second-order valence-electron chi connectivity index (χ2n) is 5.16. The molecule has 0 bridgehead atoms. The fourth-order valence-electron chi connectivity index (χ4n) is 2.60. The van der Waals surface area contributed by atoms with E-state index in [9.17, 15) is 0 Å². The van der Waals surface area contributed by atoms with Crippen molar-refractivity contribution >= 4 is 27.4 Å². The van der Waals surface area contributed by atoms with Crippen LogP contribution in [0.2, 0.25) is 0 Å². The Morgan fingerprint density at radius 1 is 1.05 bits per heavy atom. The van der Waals surface area contributed by atoms with E-state index in [4.69, 9.17) is 4.74 Å². The van der Waals surface area contributed by atoms with Gasteiger partial charge in [-0.3, -0.25) is 4.90 Å². The Morgan fingerprint density at radius 2 is 1.81 bits per heavy atom. The van der Waals surface area contributed by atoms with Crippen molar-refractivity contribution in [3.63, 3.8) is 0 Å². The largest absolute Gasteiger partial charge is 0.370 e. The van der Waals surface area contributed by atoms with E-state index in [1.807, 2.05) is 12.4 Å². The molecule has 1 N–H and O–H groups in total. The molecule has 2 aromatic heterocycles. The molecular formula is C16H16N3OS+. The molecule has 1 saturated heterocycles. The lowest BCUT2D eigenvalue weighted by Gasteiger charge is -2.20. The number of fused-ring (bicyclic) bond motifs is 1. The van der Waals surface area contributed by atoms with Crippen molar-refractivity contribution in [2.24, 2.45) is 0 Å². The number of quaternary nitrogens is 1. The predicted octanol–water partition coefficient (Wildman–Crippen LogP) is 1.90. The summed E-state index contributed by atoms with van der Waals surface area (Å²) in [7, 11) is 0. The molecule has 21 heavy (non-hydrogen) atoms. The number of ether oxygens (including phenoxy) is 1. The van der Waals surface area contributed by atoms with Crippen LogP contribution >= 0.6 is 11.3 Å². The van der Waals surface area contributed by atoms with Crippen molar-refractivity contribution in [1.82, 2.24) is 9.97 Å². The van der Waals surface area contributed by atoms with Gasteiger partial charge < -0.3 is 4.74 Å². The third-order valence-electron chi connectivity index (χ3n) is 3.77. The number of rotatable bonds is 2. The number of hydrogen-bond acceptors (Lipinski definition) is 4. The van der Waals surface area contributed by atoms with Crippen molar-refractivity contribution in [3.8, 4) is 10.4 Å². The van der Waals surface area contributed by atoms with Gasteiger partial charge in [0.05, 0.1) is 13.2 Å². The molecule has 1 aliphatic rings. The van der Waals surface area contributed by atoms with E-state index in [0.717, 1.165) is 37.8 Å². The van der Waals surface area contributed by atoms with Crippen LogP contribution in [0.4, 0.5) is 5.95 Å². The molecule has 1 aliphatic heterocycles. The zero-order chi connectivity index (χ0) is 14.1. The minimum Gasteiger partial charge on any atom is -0.370 e. The summed E-state index contributed by atoms with van der Waals surface area (Å²) in [5.41, 5.74) is 1.09. The van der Waals surface area contributed by atoms with Crippen LogP contribution in [0.3, 0.4) is 0 Å². The Balaban J connectivity index is 1.63. The first-order valence-electron chi connectivity index (χ1n) is 7.14. The van der Waals surface area contributed by atoms with E-state index in [2.05, 4.69) is 40.3 Å². The van der Waals surface area contributed by atoms with Gasteiger partial charge >= 0.3 is 5.95 Å². The molecular weight excluding hydrogens is 282 g/mol. The van der Waals surface area contributed by atoms with Crippen LogP contribution in [0.1, 0.15) is 0 Å². The molecule has 0 unspecified atom stereocenters. The number of thiophene rings is 1. The molecule has 4 nitrogen and oxygen atoms in total. The maximum atomic E-state index is 5.37. The predicted molar refractivity (Wildman–Crippen MR) is 84.0 cm³/mol. The molecule has 0 saturated carbocycles. The Labute approximate surface area is 127 Å². The Kier molecular flexibility index (Phi) is 3.39. The van der Waals surface area contributed by atoms with Gasteiger partial charge in [-0.05, 0) is 17.5 Å². The highest BCUT2D eigenvalue weighted by Crippen LogP contribution is 2.32. The van der Waals surface area contributed by atoms with Gasteiger partial charge in [0.2, 0.25) is 0 Å². The van der Waals surface area contributed by atoms with Crippen LogP contribution in [-0.4, -0.2) is 36.3 Å². The lowest BCUT2D eigenvalue weighted by atomic mass is 10.2. The molecule has 0 spiro atoms. The standard InChI is InChI=1S/C16H15N3OS/c1-2-4-14-12(3-1)9-15(21-14)13-10-17-16(18-11-13)19-5-7-20-8-6-19/h1-4,9-11H,5-8H2/p+1. The lowest BCUT2D eigenvalue weighted by molar-refractivity contribution is -0.847. The SMILES string of the molecule is c1ccc2sc(-c3cnc([NH+]4CCOCC4)nc3)cc2c1. The maximum Gasteiger partial charge on any atom is 0.327 e. The van der Waals surface area contributed by atoms with Gasteiger partial charge in [0.15, 0.2) is 0 Å². The molecule has 0 aliphatic carbocycles. The van der Waals surface area contributed by atoms with Crippen molar-refractivity contribution in [2.75, 3.05) is 26.3 Å². The normalized spacial score (nSPS) is 16.4. The lowest BCUT2D eigenvalue weighted by Crippen LogP contribution is -3.10. The Morgan fingerprint density at radius 3 is 2.57 bits per heavy atom. The summed E-state index contributed by atoms with van der Waals surface area (Å²) < 4.78 is 6.67. The molecule has 4 rings (SSSR count). The number of nitrogens with one attached hydrogen (secondary N) is 1. The second kappa shape index (κ2) is 5.52. The van der Waals surface area contributed by atoms with Crippen LogP contribution in [0.15, 0.2) is 42.7 Å². The maximum absolute atomic E-state index is 5.37. The highest BCUT2D eigenvalue weighted by atomic mass is 32.1. The van der Waals surface area contributed by atoms with Gasteiger partial charge in [-0.15, -0.1) is 11.3 Å². The number of benzene rings is 1. The van der Waals surface area contributed by atoms with Crippen LogP contribution in [0.25, 0.3) is 20.5 Å². The molecule has 3 heterocycles. The third kappa shape index (κ3) is 2.55. The molecule has 1 aromatic carbocycles. The summed E-state index contributed by atoms with van der Waals surface area (Å²) in [6.07, 6.45) is 3.88. The van der Waals surface area contributed by atoms with Gasteiger partial charge in [-0.2, -0.15) is 9.97 Å². The van der Waals surface area contributed by atoms with E-state index in [-0.39, 0.29) is 0 Å². The number of nitrogens with zero attached hydrogens (tertiary/aromatic N) is 2. The summed E-state index contributed by atoms with van der Waals surface area (Å²) in [5, 5.41) is 1.28. The average Bonchev–Trinajstić information content (AvgIpc) is 3.00. The summed E-state index contributed by atoms with van der Waals surface area (Å²) >= 11 is 1.79. The second-order valence-corrected chi connectivity index (χ2v) is 6.24. The van der Waals surface area contributed by atoms with Crippen molar-refractivity contribution in [2.45, 2.75) is 0 Å². The smallest absolute Gasteiger partial charge is 0.327 e. The van der Waals surface area contributed by atoms with E-state index in [0.29, 0.717) is 0 Å². The summed E-state index contributed by atoms with van der Waals surface area (Å²) in [6, 6.07) is 10.6. The third-order valence-corrected chi connectivity index (χ3v) is 4.94. The monoisotopic (exact) mass is 298 g/mol. The van der Waals surface area contributed by atoms with Crippen LogP contribution < -0.4 is 4.90 Å². The minimum absolute atomic E-state index is 0.788. The highest BCUT2D eigenvalue weighted by Gasteiger charge is 2.19. The van der Waals surface area contributed by atoms with Crippen LogP contribution in [0.5, 0.6) is 0 Å². The van der Waals surface area contributed by atoms with E-state index >= 15 is 0 Å². The number of hydrogen-bond donors (Lipinski definition) is 1. The molecule has 0 amide bonds. The molecule has 3 aromatic rings. The van der Waals surface area contributed by atoms with E-state index < -0.39 is 0 Å². The van der Waals surface area contributed by atoms with Gasteiger partial charge in [-0.25, -0.2) is 0 Å². The Bertz CT molecular complexity index is 715. The number of aromatic nitrogens is 2. The summed E-state index contributed by atoms with van der Waals surface area (Å²) in [5.74, 6) is 0.878. The zero-order valence-electron chi connectivity index (χ0n) is 11.6. The first kappa shape index (κ1) is 12.9. The summed E-state index contributed by atoms with van der Waals surface area (Å²) in [4.78, 5) is 11.6. The van der Waals surface area contributed by atoms with Gasteiger partial charge in [0.25, 0.3) is 0 Å². The molecule has 5 heteroatoms. The molecule has 1 fully saturated rings. The fourth-order valence-corrected chi connectivity index (χ4v) is 3.64. The van der Waals surface area contributed by atoms with Crippen molar-refractivity contribution < 1.29 is 9.64 Å². The Hall–Kier alpha value is -1.82. The minimum atomic E-state index is 0.788.